The Morgan fingerprint density at radius 3 is 0.297 bits per heavy atom. The van der Waals surface area contributed by atoms with Crippen molar-refractivity contribution in [2.75, 3.05) is 0 Å². The first kappa shape index (κ1) is 33.1. The van der Waals surface area contributed by atoms with Crippen LogP contribution in [0, 0.1) is 36.4 Å². The molecular weight excluding hydrogens is 613 g/mol. The van der Waals surface area contributed by atoms with Crippen LogP contribution in [0.4, 0.5) is 0 Å². The maximum atomic E-state index is 2.89. The molecule has 0 aliphatic heterocycles. The minimum Gasteiger partial charge on any atom is -0.184 e. The van der Waals surface area contributed by atoms with Crippen LogP contribution in [0.5, 0.6) is 0 Å². The Hall–Kier alpha value is -3.94. The van der Waals surface area contributed by atoms with Crippen molar-refractivity contribution in [1.82, 2.24) is 0 Å². The summed E-state index contributed by atoms with van der Waals surface area (Å²) < 4.78 is 0. The van der Waals surface area contributed by atoms with E-state index in [2.05, 4.69) is 36.4 Å². The SMILES string of the molecule is [Ta].[c-]1ccccc1.[c-]1ccccc1.[c-]1ccccc1.[c-]1ccccc1.[c-]1ccccc1.[c-]1ccccc1. The summed E-state index contributed by atoms with van der Waals surface area (Å²) >= 11 is 0. The van der Waals surface area contributed by atoms with E-state index in [9.17, 15) is 0 Å². The van der Waals surface area contributed by atoms with Crippen molar-refractivity contribution in [3.05, 3.63) is 218 Å². The summed E-state index contributed by atoms with van der Waals surface area (Å²) in [5.41, 5.74) is 0. The summed E-state index contributed by atoms with van der Waals surface area (Å²) in [5.74, 6) is 0. The van der Waals surface area contributed by atoms with E-state index >= 15 is 0 Å². The Labute approximate surface area is 239 Å². The maximum absolute atomic E-state index is 2.89. The first-order valence-corrected chi connectivity index (χ1v) is 11.5. The Bertz CT molecular complexity index is 683. The van der Waals surface area contributed by atoms with Crippen molar-refractivity contribution in [1.29, 1.82) is 0 Å². The van der Waals surface area contributed by atoms with Crippen molar-refractivity contribution in [2.24, 2.45) is 0 Å². The molecule has 185 valence electrons. The largest absolute Gasteiger partial charge is 0.184 e. The van der Waals surface area contributed by atoms with Gasteiger partial charge in [-0.15, -0.1) is 0 Å². The van der Waals surface area contributed by atoms with Gasteiger partial charge in [0.25, 0.3) is 0 Å². The molecule has 0 bridgehead atoms. The van der Waals surface area contributed by atoms with Gasteiger partial charge in [0.05, 0.1) is 0 Å². The molecule has 0 aliphatic rings. The monoisotopic (exact) mass is 643 g/mol. The van der Waals surface area contributed by atoms with Crippen LogP contribution in [0.3, 0.4) is 0 Å². The van der Waals surface area contributed by atoms with Crippen molar-refractivity contribution in [3.63, 3.8) is 0 Å². The van der Waals surface area contributed by atoms with Crippen molar-refractivity contribution in [2.45, 2.75) is 0 Å². The third-order valence-electron chi connectivity index (χ3n) is 3.64. The van der Waals surface area contributed by atoms with Gasteiger partial charge >= 0.3 is 0 Å². The van der Waals surface area contributed by atoms with E-state index in [4.69, 9.17) is 0 Å². The van der Waals surface area contributed by atoms with Crippen LogP contribution in [-0.4, -0.2) is 0 Å². The van der Waals surface area contributed by atoms with Crippen molar-refractivity contribution < 1.29 is 22.4 Å². The average Bonchev–Trinajstić information content (AvgIpc) is 3.04. The Balaban J connectivity index is 0.000000418. The molecule has 0 heterocycles. The van der Waals surface area contributed by atoms with E-state index in [-0.39, 0.29) is 22.4 Å². The molecule has 1 heteroatoms. The number of rotatable bonds is 0. The first-order chi connectivity index (χ1) is 18.0. The summed E-state index contributed by atoms with van der Waals surface area (Å²) in [5, 5.41) is 0. The number of benzene rings is 6. The van der Waals surface area contributed by atoms with E-state index in [1.807, 2.05) is 182 Å². The molecule has 0 saturated heterocycles. The number of hydrogen-bond donors (Lipinski definition) is 0. The molecule has 6 aromatic rings. The second-order valence-electron chi connectivity index (χ2n) is 6.46. The number of hydrogen-bond acceptors (Lipinski definition) is 0. The van der Waals surface area contributed by atoms with Gasteiger partial charge in [-0.1, -0.05) is 0 Å². The fourth-order valence-corrected chi connectivity index (χ4v) is 2.05. The fraction of sp³-hybridized carbons (Fsp3) is 0. The summed E-state index contributed by atoms with van der Waals surface area (Å²) in [6, 6.07) is 75.0. The second-order valence-corrected chi connectivity index (χ2v) is 6.46. The van der Waals surface area contributed by atoms with E-state index in [1.54, 1.807) is 0 Å². The third kappa shape index (κ3) is 28.2. The third-order valence-corrected chi connectivity index (χ3v) is 3.64. The van der Waals surface area contributed by atoms with Gasteiger partial charge in [0.15, 0.2) is 0 Å². The summed E-state index contributed by atoms with van der Waals surface area (Å²) in [6.45, 7) is 0. The molecule has 0 spiro atoms. The molecular formula is C36H30Ta-6. The Morgan fingerprint density at radius 1 is 0.162 bits per heavy atom. The normalized spacial score (nSPS) is 7.78. The predicted molar refractivity (Wildman–Crippen MR) is 152 cm³/mol. The predicted octanol–water partition coefficient (Wildman–Crippen LogP) is 8.92. The van der Waals surface area contributed by atoms with Crippen LogP contribution in [0.15, 0.2) is 182 Å². The zero-order valence-corrected chi connectivity index (χ0v) is 24.0. The molecule has 6 rings (SSSR count). The zero-order valence-electron chi connectivity index (χ0n) is 20.8. The molecule has 1 radical (unpaired) electrons. The molecule has 0 fully saturated rings. The van der Waals surface area contributed by atoms with Gasteiger partial charge < -0.3 is 0 Å². The molecule has 0 unspecified atom stereocenters. The summed E-state index contributed by atoms with van der Waals surface area (Å²) in [4.78, 5) is 0. The molecule has 0 N–H and O–H groups in total. The van der Waals surface area contributed by atoms with Gasteiger partial charge in [-0.2, -0.15) is 218 Å². The Kier molecular flexibility index (Phi) is 26.9. The minimum absolute atomic E-state index is 0. The molecule has 0 aliphatic carbocycles. The van der Waals surface area contributed by atoms with Gasteiger partial charge in [-0.05, 0) is 0 Å². The van der Waals surface area contributed by atoms with Crippen molar-refractivity contribution in [3.8, 4) is 0 Å². The van der Waals surface area contributed by atoms with E-state index in [0.29, 0.717) is 0 Å². The summed E-state index contributed by atoms with van der Waals surface area (Å²) in [6.07, 6.45) is 0. The van der Waals surface area contributed by atoms with Gasteiger partial charge in [0, 0.05) is 22.4 Å². The van der Waals surface area contributed by atoms with Crippen LogP contribution in [-0.2, 0) is 22.4 Å². The quantitative estimate of drug-likeness (QED) is 0.145. The van der Waals surface area contributed by atoms with Gasteiger partial charge in [-0.25, -0.2) is 0 Å². The van der Waals surface area contributed by atoms with E-state index < -0.39 is 0 Å². The molecule has 37 heavy (non-hydrogen) atoms. The zero-order chi connectivity index (χ0) is 25.5. The fourth-order valence-electron chi connectivity index (χ4n) is 2.05. The smallest absolute Gasteiger partial charge is 0 e. The maximum Gasteiger partial charge on any atom is 0 e. The van der Waals surface area contributed by atoms with Crippen molar-refractivity contribution >= 4 is 0 Å². The average molecular weight is 644 g/mol. The molecule has 0 amide bonds. The molecule has 6 aromatic carbocycles. The van der Waals surface area contributed by atoms with E-state index in [0.717, 1.165) is 0 Å². The van der Waals surface area contributed by atoms with Gasteiger partial charge in [0.1, 0.15) is 0 Å². The van der Waals surface area contributed by atoms with Crippen LogP contribution in [0.1, 0.15) is 0 Å². The Morgan fingerprint density at radius 2 is 0.270 bits per heavy atom. The van der Waals surface area contributed by atoms with Gasteiger partial charge in [0.2, 0.25) is 0 Å². The van der Waals surface area contributed by atoms with Gasteiger partial charge in [-0.3, -0.25) is 0 Å². The molecule has 0 atom stereocenters. The molecule has 0 aromatic heterocycles. The summed E-state index contributed by atoms with van der Waals surface area (Å²) in [7, 11) is 0. The topological polar surface area (TPSA) is 0 Å². The molecule has 0 saturated carbocycles. The van der Waals surface area contributed by atoms with Crippen LogP contribution >= 0.6 is 0 Å². The van der Waals surface area contributed by atoms with Crippen LogP contribution < -0.4 is 0 Å². The van der Waals surface area contributed by atoms with E-state index in [1.165, 1.54) is 0 Å². The second kappa shape index (κ2) is 30.1. The van der Waals surface area contributed by atoms with Crippen LogP contribution in [0.25, 0.3) is 0 Å². The standard InChI is InChI=1S/6C6H5.Ta/c6*1-2-4-6-5-3-1;/h6*1-5H;/q6*-1;. The molecule has 0 nitrogen and oxygen atoms in total. The minimum atomic E-state index is 0. The van der Waals surface area contributed by atoms with Crippen LogP contribution in [0.2, 0.25) is 0 Å². The first-order valence-electron chi connectivity index (χ1n) is 11.5.